The molecule has 0 spiro atoms. The molecule has 116 valence electrons. The Labute approximate surface area is 129 Å². The zero-order chi connectivity index (χ0) is 14.7. The van der Waals surface area contributed by atoms with Gasteiger partial charge in [0.25, 0.3) is 0 Å². The van der Waals surface area contributed by atoms with Crippen molar-refractivity contribution >= 4 is 0 Å². The predicted molar refractivity (Wildman–Crippen MR) is 89.7 cm³/mol. The Morgan fingerprint density at radius 3 is 2.52 bits per heavy atom. The van der Waals surface area contributed by atoms with E-state index >= 15 is 0 Å². The van der Waals surface area contributed by atoms with E-state index in [4.69, 9.17) is 0 Å². The van der Waals surface area contributed by atoms with Gasteiger partial charge in [-0.3, -0.25) is 4.90 Å². The minimum absolute atomic E-state index is 0.662. The van der Waals surface area contributed by atoms with Gasteiger partial charge in [-0.2, -0.15) is 0 Å². The maximum Gasteiger partial charge on any atom is 0.0142 e. The first kappa shape index (κ1) is 15.1. The van der Waals surface area contributed by atoms with Crippen LogP contribution in [0.4, 0.5) is 0 Å². The Morgan fingerprint density at radius 2 is 1.81 bits per heavy atom. The summed E-state index contributed by atoms with van der Waals surface area (Å²) in [5, 5.41) is 3.49. The molecular weight excluding hydrogens is 256 g/mol. The van der Waals surface area contributed by atoms with Crippen molar-refractivity contribution < 1.29 is 0 Å². The van der Waals surface area contributed by atoms with Crippen molar-refractivity contribution in [2.24, 2.45) is 5.92 Å². The Morgan fingerprint density at radius 1 is 1.10 bits per heavy atom. The molecule has 21 heavy (non-hydrogen) atoms. The number of hydrogen-bond acceptors (Lipinski definition) is 2. The van der Waals surface area contributed by atoms with Crippen LogP contribution in [0.25, 0.3) is 0 Å². The summed E-state index contributed by atoms with van der Waals surface area (Å²) in [6.45, 7) is 8.48. The quantitative estimate of drug-likeness (QED) is 0.914. The van der Waals surface area contributed by atoms with Crippen molar-refractivity contribution in [3.63, 3.8) is 0 Å². The number of aryl methyl sites for hydroxylation is 1. The molecule has 1 saturated heterocycles. The SMILES string of the molecule is CC(C)N(CC1CCNCC1)C1CCc2ccccc2C1. The third-order valence-corrected chi connectivity index (χ3v) is 5.38. The molecule has 1 aromatic rings. The summed E-state index contributed by atoms with van der Waals surface area (Å²) in [4.78, 5) is 2.80. The maximum atomic E-state index is 3.49. The lowest BCUT2D eigenvalue weighted by atomic mass is 9.86. The predicted octanol–water partition coefficient (Wildman–Crippen LogP) is 3.25. The molecule has 0 saturated carbocycles. The molecular formula is C19H30N2. The van der Waals surface area contributed by atoms with Crippen LogP contribution in [0.2, 0.25) is 0 Å². The summed E-state index contributed by atoms with van der Waals surface area (Å²) in [6.07, 6.45) is 6.55. The average molecular weight is 286 g/mol. The van der Waals surface area contributed by atoms with Gasteiger partial charge in [0.15, 0.2) is 0 Å². The zero-order valence-corrected chi connectivity index (χ0v) is 13.6. The number of nitrogens with zero attached hydrogens (tertiary/aromatic N) is 1. The van der Waals surface area contributed by atoms with Gasteiger partial charge in [0, 0.05) is 18.6 Å². The third-order valence-electron chi connectivity index (χ3n) is 5.38. The fraction of sp³-hybridized carbons (Fsp3) is 0.684. The second-order valence-corrected chi connectivity index (χ2v) is 7.15. The van der Waals surface area contributed by atoms with Gasteiger partial charge in [0.05, 0.1) is 0 Å². The van der Waals surface area contributed by atoms with Crippen LogP contribution in [0.5, 0.6) is 0 Å². The van der Waals surface area contributed by atoms with Crippen molar-refractivity contribution in [1.29, 1.82) is 0 Å². The van der Waals surface area contributed by atoms with Gasteiger partial charge in [-0.25, -0.2) is 0 Å². The first-order chi connectivity index (χ1) is 10.2. The molecule has 1 fully saturated rings. The molecule has 2 aliphatic rings. The summed E-state index contributed by atoms with van der Waals surface area (Å²) in [6, 6.07) is 10.5. The van der Waals surface area contributed by atoms with E-state index in [2.05, 4.69) is 48.3 Å². The molecule has 1 heterocycles. The molecule has 2 nitrogen and oxygen atoms in total. The largest absolute Gasteiger partial charge is 0.317 e. The van der Waals surface area contributed by atoms with Crippen LogP contribution in [0.15, 0.2) is 24.3 Å². The summed E-state index contributed by atoms with van der Waals surface area (Å²) in [5.41, 5.74) is 3.17. The minimum Gasteiger partial charge on any atom is -0.317 e. The van der Waals surface area contributed by atoms with E-state index in [-0.39, 0.29) is 0 Å². The normalized spacial score (nSPS) is 23.5. The Kier molecular flexibility index (Phi) is 4.97. The highest BCUT2D eigenvalue weighted by Gasteiger charge is 2.28. The lowest BCUT2D eigenvalue weighted by Gasteiger charge is -2.40. The summed E-state index contributed by atoms with van der Waals surface area (Å²) in [7, 11) is 0. The van der Waals surface area contributed by atoms with E-state index in [1.165, 1.54) is 51.7 Å². The van der Waals surface area contributed by atoms with Gasteiger partial charge in [-0.15, -0.1) is 0 Å². The number of nitrogens with one attached hydrogen (secondary N) is 1. The number of piperidine rings is 1. The smallest absolute Gasteiger partial charge is 0.0142 e. The first-order valence-electron chi connectivity index (χ1n) is 8.77. The molecule has 1 aliphatic heterocycles. The van der Waals surface area contributed by atoms with E-state index in [9.17, 15) is 0 Å². The summed E-state index contributed by atoms with van der Waals surface area (Å²) >= 11 is 0. The first-order valence-corrected chi connectivity index (χ1v) is 8.77. The molecule has 3 rings (SSSR count). The molecule has 1 aromatic carbocycles. The van der Waals surface area contributed by atoms with Gasteiger partial charge in [0.2, 0.25) is 0 Å². The number of hydrogen-bond donors (Lipinski definition) is 1. The number of benzene rings is 1. The second-order valence-electron chi connectivity index (χ2n) is 7.15. The zero-order valence-electron chi connectivity index (χ0n) is 13.6. The van der Waals surface area contributed by atoms with Crippen LogP contribution in [0.1, 0.15) is 44.2 Å². The topological polar surface area (TPSA) is 15.3 Å². The van der Waals surface area contributed by atoms with Crippen LogP contribution in [0.3, 0.4) is 0 Å². The average Bonchev–Trinajstić information content (AvgIpc) is 2.53. The highest BCUT2D eigenvalue weighted by Crippen LogP contribution is 2.27. The Hall–Kier alpha value is -0.860. The Bertz CT molecular complexity index is 449. The highest BCUT2D eigenvalue weighted by molar-refractivity contribution is 5.30. The molecule has 1 aliphatic carbocycles. The monoisotopic (exact) mass is 286 g/mol. The highest BCUT2D eigenvalue weighted by atomic mass is 15.2. The molecule has 1 atom stereocenters. The van der Waals surface area contributed by atoms with E-state index in [1.807, 2.05) is 0 Å². The van der Waals surface area contributed by atoms with Crippen molar-refractivity contribution in [3.05, 3.63) is 35.4 Å². The maximum absolute atomic E-state index is 3.49. The lowest BCUT2D eigenvalue weighted by Crippen LogP contribution is -2.47. The van der Waals surface area contributed by atoms with Crippen molar-refractivity contribution in [2.75, 3.05) is 19.6 Å². The molecule has 0 amide bonds. The van der Waals surface area contributed by atoms with Crippen LogP contribution >= 0.6 is 0 Å². The van der Waals surface area contributed by atoms with Gasteiger partial charge in [0.1, 0.15) is 0 Å². The minimum atomic E-state index is 0.662. The van der Waals surface area contributed by atoms with Gasteiger partial charge < -0.3 is 5.32 Å². The molecule has 2 heteroatoms. The van der Waals surface area contributed by atoms with Crippen LogP contribution < -0.4 is 5.32 Å². The molecule has 0 bridgehead atoms. The van der Waals surface area contributed by atoms with Gasteiger partial charge in [-0.05, 0) is 76.1 Å². The molecule has 0 radical (unpaired) electrons. The number of fused-ring (bicyclic) bond motifs is 1. The van der Waals surface area contributed by atoms with Gasteiger partial charge in [-0.1, -0.05) is 24.3 Å². The van der Waals surface area contributed by atoms with Crippen molar-refractivity contribution in [1.82, 2.24) is 10.2 Å². The van der Waals surface area contributed by atoms with Crippen LogP contribution in [-0.4, -0.2) is 36.6 Å². The molecule has 0 aromatic heterocycles. The van der Waals surface area contributed by atoms with Crippen molar-refractivity contribution in [3.8, 4) is 0 Å². The van der Waals surface area contributed by atoms with E-state index < -0.39 is 0 Å². The molecule has 1 N–H and O–H groups in total. The fourth-order valence-electron chi connectivity index (χ4n) is 4.11. The van der Waals surface area contributed by atoms with E-state index in [1.54, 1.807) is 11.1 Å². The van der Waals surface area contributed by atoms with E-state index in [0.29, 0.717) is 6.04 Å². The lowest BCUT2D eigenvalue weighted by molar-refractivity contribution is 0.106. The summed E-state index contributed by atoms with van der Waals surface area (Å²) < 4.78 is 0. The fourth-order valence-corrected chi connectivity index (χ4v) is 4.11. The van der Waals surface area contributed by atoms with E-state index in [0.717, 1.165) is 12.0 Å². The second kappa shape index (κ2) is 6.93. The number of rotatable bonds is 4. The Balaban J connectivity index is 1.67. The van der Waals surface area contributed by atoms with Crippen LogP contribution in [0, 0.1) is 5.92 Å². The standard InChI is InChI=1S/C19H30N2/c1-15(2)21(14-16-9-11-20-12-10-16)19-8-7-17-5-3-4-6-18(17)13-19/h3-6,15-16,19-20H,7-14H2,1-2H3. The van der Waals surface area contributed by atoms with Crippen molar-refractivity contribution in [2.45, 2.75) is 58.0 Å². The molecule has 1 unspecified atom stereocenters. The third kappa shape index (κ3) is 3.67. The van der Waals surface area contributed by atoms with Gasteiger partial charge >= 0.3 is 0 Å². The van der Waals surface area contributed by atoms with Crippen LogP contribution in [-0.2, 0) is 12.8 Å². The summed E-state index contributed by atoms with van der Waals surface area (Å²) in [5.74, 6) is 0.894.